The van der Waals surface area contributed by atoms with Gasteiger partial charge in [0.2, 0.25) is 5.91 Å². The van der Waals surface area contributed by atoms with Gasteiger partial charge in [-0.3, -0.25) is 9.69 Å². The van der Waals surface area contributed by atoms with Crippen LogP contribution in [0.2, 0.25) is 0 Å². The Labute approximate surface area is 186 Å². The lowest BCUT2D eigenvalue weighted by molar-refractivity contribution is -0.119. The van der Waals surface area contributed by atoms with Gasteiger partial charge in [0, 0.05) is 19.0 Å². The van der Waals surface area contributed by atoms with Crippen LogP contribution in [0.5, 0.6) is 0 Å². The lowest BCUT2D eigenvalue weighted by Crippen LogP contribution is -2.33. The number of oxime groups is 1. The summed E-state index contributed by atoms with van der Waals surface area (Å²) in [7, 11) is 0. The Kier molecular flexibility index (Phi) is 6.14. The molecule has 2 N–H and O–H groups in total. The minimum Gasteiger partial charge on any atom is -0.442 e. The highest BCUT2D eigenvalue weighted by atomic mass is 16.7. The van der Waals surface area contributed by atoms with Crippen LogP contribution in [0.25, 0.3) is 5.57 Å². The summed E-state index contributed by atoms with van der Waals surface area (Å²) in [5.74, 6) is -0.151. The number of amides is 2. The fraction of sp³-hybridized carbons (Fsp3) is 0.375. The zero-order valence-corrected chi connectivity index (χ0v) is 18.2. The summed E-state index contributed by atoms with van der Waals surface area (Å²) in [6, 6.07) is 7.78. The number of ether oxygens (including phenoxy) is 1. The van der Waals surface area contributed by atoms with E-state index in [1.165, 1.54) is 6.92 Å². The van der Waals surface area contributed by atoms with Gasteiger partial charge in [-0.1, -0.05) is 41.6 Å². The standard InChI is InChI=1S/C24H27N3O5/c1-16(29)25-13-21-14-27(23(30)31-21)20-10-8-18(9-11-20)17-4-3-5-19(7-6-17)22-12-24(2,15-28)32-26-22/h3,5-11,21,28H,4,12-15H2,1-2H3,(H,25,29). The van der Waals surface area contributed by atoms with Crippen molar-refractivity contribution in [1.82, 2.24) is 5.32 Å². The number of allylic oxidation sites excluding steroid dienone is 6. The van der Waals surface area contributed by atoms with Crippen molar-refractivity contribution in [3.05, 3.63) is 59.7 Å². The molecule has 8 nitrogen and oxygen atoms in total. The number of aliphatic hydroxyl groups excluding tert-OH is 1. The number of hydrogen-bond acceptors (Lipinski definition) is 6. The van der Waals surface area contributed by atoms with Gasteiger partial charge >= 0.3 is 6.09 Å². The molecule has 0 spiro atoms. The van der Waals surface area contributed by atoms with E-state index in [0.29, 0.717) is 19.5 Å². The molecule has 1 aliphatic carbocycles. The second-order valence-corrected chi connectivity index (χ2v) is 8.43. The second-order valence-electron chi connectivity index (χ2n) is 8.43. The first-order chi connectivity index (χ1) is 15.4. The van der Waals surface area contributed by atoms with Crippen LogP contribution in [0.15, 0.2) is 59.3 Å². The van der Waals surface area contributed by atoms with Crippen LogP contribution in [-0.2, 0) is 14.4 Å². The number of cyclic esters (lactones) is 1. The van der Waals surface area contributed by atoms with Crippen molar-refractivity contribution in [3.8, 4) is 0 Å². The molecule has 32 heavy (non-hydrogen) atoms. The van der Waals surface area contributed by atoms with Crippen molar-refractivity contribution in [3.63, 3.8) is 0 Å². The van der Waals surface area contributed by atoms with Gasteiger partial charge in [0.1, 0.15) is 6.10 Å². The summed E-state index contributed by atoms with van der Waals surface area (Å²) in [6.45, 7) is 3.89. The van der Waals surface area contributed by atoms with E-state index in [9.17, 15) is 14.7 Å². The number of hydrogen-bond donors (Lipinski definition) is 2. The number of nitrogens with one attached hydrogen (secondary N) is 1. The second kappa shape index (κ2) is 9.00. The van der Waals surface area contributed by atoms with E-state index in [0.717, 1.165) is 34.5 Å². The quantitative estimate of drug-likeness (QED) is 0.713. The van der Waals surface area contributed by atoms with Crippen molar-refractivity contribution < 1.29 is 24.3 Å². The highest BCUT2D eigenvalue weighted by Crippen LogP contribution is 2.30. The van der Waals surface area contributed by atoms with Crippen molar-refractivity contribution >= 4 is 29.0 Å². The Morgan fingerprint density at radius 2 is 2.09 bits per heavy atom. The monoisotopic (exact) mass is 437 g/mol. The Hall–Kier alpha value is -3.39. The molecule has 0 bridgehead atoms. The van der Waals surface area contributed by atoms with Crippen molar-refractivity contribution in [2.45, 2.75) is 38.4 Å². The van der Waals surface area contributed by atoms with E-state index in [-0.39, 0.29) is 18.6 Å². The molecule has 2 unspecified atom stereocenters. The molecule has 1 fully saturated rings. The summed E-state index contributed by atoms with van der Waals surface area (Å²) in [5, 5.41) is 16.3. The number of aliphatic hydroxyl groups is 1. The average molecular weight is 437 g/mol. The predicted molar refractivity (Wildman–Crippen MR) is 121 cm³/mol. The molecule has 1 aromatic rings. The average Bonchev–Trinajstić information content (AvgIpc) is 3.26. The summed E-state index contributed by atoms with van der Waals surface area (Å²) in [5.41, 5.74) is 4.09. The Balaban J connectivity index is 1.44. The van der Waals surface area contributed by atoms with Crippen molar-refractivity contribution in [2.75, 3.05) is 24.6 Å². The zero-order chi connectivity index (χ0) is 22.7. The van der Waals surface area contributed by atoms with Gasteiger partial charge in [-0.05, 0) is 42.2 Å². The molecule has 1 aromatic carbocycles. The molecule has 0 radical (unpaired) electrons. The van der Waals surface area contributed by atoms with Gasteiger partial charge in [-0.15, -0.1) is 0 Å². The van der Waals surface area contributed by atoms with Gasteiger partial charge in [0.15, 0.2) is 5.60 Å². The third-order valence-electron chi connectivity index (χ3n) is 5.69. The fourth-order valence-corrected chi connectivity index (χ4v) is 3.81. The maximum Gasteiger partial charge on any atom is 0.414 e. The molecule has 2 aliphatic heterocycles. The highest BCUT2D eigenvalue weighted by Gasteiger charge is 2.34. The van der Waals surface area contributed by atoms with E-state index < -0.39 is 11.7 Å². The number of carbonyl (C=O) groups is 2. The third-order valence-corrected chi connectivity index (χ3v) is 5.69. The van der Waals surface area contributed by atoms with Gasteiger partial charge in [0.25, 0.3) is 0 Å². The number of benzene rings is 1. The fourth-order valence-electron chi connectivity index (χ4n) is 3.81. The number of carbonyl (C=O) groups excluding carboxylic acids is 2. The summed E-state index contributed by atoms with van der Waals surface area (Å²) >= 11 is 0. The number of nitrogens with zero attached hydrogens (tertiary/aromatic N) is 2. The van der Waals surface area contributed by atoms with Crippen LogP contribution >= 0.6 is 0 Å². The van der Waals surface area contributed by atoms with Crippen LogP contribution in [0, 0.1) is 0 Å². The normalized spacial score (nSPS) is 24.8. The van der Waals surface area contributed by atoms with Gasteiger partial charge in [0.05, 0.1) is 25.4 Å². The highest BCUT2D eigenvalue weighted by molar-refractivity contribution is 6.04. The van der Waals surface area contributed by atoms with Crippen molar-refractivity contribution in [1.29, 1.82) is 0 Å². The summed E-state index contributed by atoms with van der Waals surface area (Å²) in [4.78, 5) is 30.3. The Bertz CT molecular complexity index is 1020. The Morgan fingerprint density at radius 1 is 1.31 bits per heavy atom. The molecule has 2 atom stereocenters. The van der Waals surface area contributed by atoms with Gasteiger partial charge in [-0.2, -0.15) is 0 Å². The van der Waals surface area contributed by atoms with Crippen molar-refractivity contribution in [2.24, 2.45) is 5.16 Å². The van der Waals surface area contributed by atoms with Crippen LogP contribution in [0.3, 0.4) is 0 Å². The molecule has 2 heterocycles. The van der Waals surface area contributed by atoms with E-state index in [4.69, 9.17) is 9.57 Å². The molecular formula is C24H27N3O5. The van der Waals surface area contributed by atoms with Crippen LogP contribution in [0.1, 0.15) is 32.3 Å². The number of rotatable bonds is 6. The maximum absolute atomic E-state index is 12.2. The zero-order valence-electron chi connectivity index (χ0n) is 18.2. The Morgan fingerprint density at radius 3 is 2.78 bits per heavy atom. The van der Waals surface area contributed by atoms with Gasteiger partial charge in [-0.25, -0.2) is 4.79 Å². The molecule has 2 amide bonds. The smallest absolute Gasteiger partial charge is 0.414 e. The van der Waals surface area contributed by atoms with E-state index in [1.807, 2.05) is 43.3 Å². The molecule has 168 valence electrons. The minimum absolute atomic E-state index is 0.0804. The van der Waals surface area contributed by atoms with Crippen LogP contribution in [-0.4, -0.2) is 54.2 Å². The summed E-state index contributed by atoms with van der Waals surface area (Å²) < 4.78 is 5.33. The molecular weight excluding hydrogens is 410 g/mol. The van der Waals surface area contributed by atoms with Gasteiger partial charge < -0.3 is 20.0 Å². The van der Waals surface area contributed by atoms with E-state index in [2.05, 4.69) is 22.6 Å². The first-order valence-corrected chi connectivity index (χ1v) is 10.6. The predicted octanol–water partition coefficient (Wildman–Crippen LogP) is 2.94. The molecule has 4 rings (SSSR count). The third kappa shape index (κ3) is 4.75. The lowest BCUT2D eigenvalue weighted by Gasteiger charge is -2.17. The van der Waals surface area contributed by atoms with Crippen LogP contribution < -0.4 is 10.2 Å². The molecule has 0 saturated carbocycles. The van der Waals surface area contributed by atoms with Crippen LogP contribution in [0.4, 0.5) is 10.5 Å². The van der Waals surface area contributed by atoms with E-state index in [1.54, 1.807) is 4.90 Å². The first-order valence-electron chi connectivity index (χ1n) is 10.6. The molecule has 0 aromatic heterocycles. The summed E-state index contributed by atoms with van der Waals surface area (Å²) in [6.07, 6.45) is 8.74. The maximum atomic E-state index is 12.2. The molecule has 8 heteroatoms. The largest absolute Gasteiger partial charge is 0.442 e. The lowest BCUT2D eigenvalue weighted by atomic mass is 9.96. The first kappa shape index (κ1) is 21.8. The van der Waals surface area contributed by atoms with E-state index >= 15 is 0 Å². The molecule has 3 aliphatic rings. The molecule has 1 saturated heterocycles. The SMILES string of the molecule is CC(=O)NCC1CN(c2ccc(C3=CC=C(C4=NOC(C)(CO)C4)C=CC3)cc2)C(=O)O1. The number of anilines is 1. The minimum atomic E-state index is -0.656. The topological polar surface area (TPSA) is 100 Å².